The molecule has 0 aliphatic carbocycles. The molecule has 0 heterocycles. The third kappa shape index (κ3) is 45.5. The Morgan fingerprint density at radius 3 is 0.845 bits per heavy atom. The maximum absolute atomic E-state index is 12.7. The summed E-state index contributed by atoms with van der Waals surface area (Å²) >= 11 is 0. The van der Waals surface area contributed by atoms with E-state index >= 15 is 0 Å². The van der Waals surface area contributed by atoms with Crippen molar-refractivity contribution in [3.05, 3.63) is 0 Å². The Hall–Kier alpha value is -1.59. The molecule has 0 radical (unpaired) electrons. The average Bonchev–Trinajstić information content (AvgIpc) is 3.19. The Morgan fingerprint density at radius 2 is 0.569 bits per heavy atom. The highest BCUT2D eigenvalue weighted by molar-refractivity contribution is 5.71. The van der Waals surface area contributed by atoms with Crippen LogP contribution in [0.25, 0.3) is 0 Å². The van der Waals surface area contributed by atoms with E-state index in [2.05, 4.69) is 34.6 Å². The molecule has 0 fully saturated rings. The van der Waals surface area contributed by atoms with Crippen molar-refractivity contribution < 1.29 is 28.6 Å². The lowest BCUT2D eigenvalue weighted by atomic mass is 10.0. The fourth-order valence-electron chi connectivity index (χ4n) is 7.81. The van der Waals surface area contributed by atoms with E-state index in [0.717, 1.165) is 69.6 Å². The highest BCUT2D eigenvalue weighted by Crippen LogP contribution is 2.17. The van der Waals surface area contributed by atoms with Crippen molar-refractivity contribution in [2.24, 2.45) is 11.8 Å². The number of ether oxygens (including phenoxy) is 3. The zero-order valence-corrected chi connectivity index (χ0v) is 39.7. The first kappa shape index (κ1) is 56.4. The maximum atomic E-state index is 12.7. The summed E-state index contributed by atoms with van der Waals surface area (Å²) in [4.78, 5) is 37.9. The molecule has 0 bridgehead atoms. The summed E-state index contributed by atoms with van der Waals surface area (Å²) in [6.45, 7) is 11.3. The van der Waals surface area contributed by atoms with Gasteiger partial charge in [0.2, 0.25) is 0 Å². The van der Waals surface area contributed by atoms with E-state index in [0.29, 0.717) is 19.3 Å². The normalized spacial score (nSPS) is 12.1. The van der Waals surface area contributed by atoms with E-state index < -0.39 is 6.10 Å². The summed E-state index contributed by atoms with van der Waals surface area (Å²) in [5.74, 6) is 0.750. The smallest absolute Gasteiger partial charge is 0.306 e. The Balaban J connectivity index is 4.23. The molecule has 0 saturated carbocycles. The fourth-order valence-corrected chi connectivity index (χ4v) is 7.81. The van der Waals surface area contributed by atoms with Crippen LogP contribution in [0.3, 0.4) is 0 Å². The highest BCUT2D eigenvalue weighted by atomic mass is 16.6. The third-order valence-electron chi connectivity index (χ3n) is 11.7. The van der Waals surface area contributed by atoms with Gasteiger partial charge in [-0.15, -0.1) is 0 Å². The molecule has 0 aliphatic heterocycles. The van der Waals surface area contributed by atoms with E-state index in [1.54, 1.807) is 0 Å². The fraction of sp³-hybridized carbons (Fsp3) is 0.942. The Bertz CT molecular complexity index is 885. The monoisotopic (exact) mass is 821 g/mol. The minimum atomic E-state index is -0.762. The van der Waals surface area contributed by atoms with Gasteiger partial charge < -0.3 is 14.2 Å². The van der Waals surface area contributed by atoms with Gasteiger partial charge in [-0.25, -0.2) is 0 Å². The van der Waals surface area contributed by atoms with Crippen LogP contribution in [-0.2, 0) is 28.6 Å². The molecule has 0 saturated heterocycles. The standard InChI is InChI=1S/C52H100O6/c1-6-7-8-9-10-11-12-13-17-20-23-26-32-37-42-50(53)56-45-49(58-52(55)44-39-34-29-28-31-36-41-48(4)5)46-57-51(54)43-38-33-27-24-21-18-15-14-16-19-22-25-30-35-40-47(2)3/h47-49H,6-46H2,1-5H3/t49-/m1/s1. The van der Waals surface area contributed by atoms with Crippen molar-refractivity contribution >= 4 is 17.9 Å². The summed E-state index contributed by atoms with van der Waals surface area (Å²) in [6, 6.07) is 0. The summed E-state index contributed by atoms with van der Waals surface area (Å²) in [5, 5.41) is 0. The van der Waals surface area contributed by atoms with Crippen LogP contribution in [-0.4, -0.2) is 37.2 Å². The minimum absolute atomic E-state index is 0.0647. The summed E-state index contributed by atoms with van der Waals surface area (Å²) in [5.41, 5.74) is 0. The maximum Gasteiger partial charge on any atom is 0.306 e. The van der Waals surface area contributed by atoms with Crippen molar-refractivity contribution in [1.29, 1.82) is 0 Å². The topological polar surface area (TPSA) is 78.9 Å². The van der Waals surface area contributed by atoms with Gasteiger partial charge in [-0.05, 0) is 31.1 Å². The number of carbonyl (C=O) groups is 3. The van der Waals surface area contributed by atoms with Crippen LogP contribution in [0.1, 0.15) is 285 Å². The molecule has 1 atom stereocenters. The number of esters is 3. The molecule has 0 rings (SSSR count). The van der Waals surface area contributed by atoms with Gasteiger partial charge in [-0.3, -0.25) is 14.4 Å². The molecule has 0 unspecified atom stereocenters. The Kier molecular flexibility index (Phi) is 43.7. The molecule has 0 amide bonds. The van der Waals surface area contributed by atoms with E-state index in [-0.39, 0.29) is 31.1 Å². The SMILES string of the molecule is CCCCCCCCCCCCCCCCC(=O)OC[C@H](COC(=O)CCCCCCCCCCCCCCCCC(C)C)OC(=O)CCCCCCCCC(C)C. The molecule has 344 valence electrons. The summed E-state index contributed by atoms with van der Waals surface area (Å²) < 4.78 is 16.8. The van der Waals surface area contributed by atoms with Crippen LogP contribution >= 0.6 is 0 Å². The van der Waals surface area contributed by atoms with Gasteiger partial charge in [0.25, 0.3) is 0 Å². The van der Waals surface area contributed by atoms with Crippen molar-refractivity contribution in [3.8, 4) is 0 Å². The Labute approximate surface area is 361 Å². The van der Waals surface area contributed by atoms with Crippen molar-refractivity contribution in [3.63, 3.8) is 0 Å². The second-order valence-electron chi connectivity index (χ2n) is 18.8. The molecular weight excluding hydrogens is 721 g/mol. The lowest BCUT2D eigenvalue weighted by molar-refractivity contribution is -0.167. The van der Waals surface area contributed by atoms with Gasteiger partial charge >= 0.3 is 17.9 Å². The molecule has 0 aromatic heterocycles. The predicted octanol–water partition coefficient (Wildman–Crippen LogP) is 16.5. The lowest BCUT2D eigenvalue weighted by Gasteiger charge is -2.18. The van der Waals surface area contributed by atoms with Gasteiger partial charge in [-0.2, -0.15) is 0 Å². The first-order valence-corrected chi connectivity index (χ1v) is 25.7. The largest absolute Gasteiger partial charge is 0.462 e. The lowest BCUT2D eigenvalue weighted by Crippen LogP contribution is -2.30. The van der Waals surface area contributed by atoms with Gasteiger partial charge in [0.05, 0.1) is 0 Å². The number of unbranched alkanes of at least 4 members (excludes halogenated alkanes) is 31. The molecule has 0 spiro atoms. The first-order valence-electron chi connectivity index (χ1n) is 25.7. The van der Waals surface area contributed by atoms with Gasteiger partial charge in [0, 0.05) is 19.3 Å². The Morgan fingerprint density at radius 1 is 0.328 bits per heavy atom. The van der Waals surface area contributed by atoms with Crippen molar-refractivity contribution in [1.82, 2.24) is 0 Å². The van der Waals surface area contributed by atoms with Crippen molar-refractivity contribution in [2.45, 2.75) is 291 Å². The van der Waals surface area contributed by atoms with Gasteiger partial charge in [0.15, 0.2) is 6.10 Å². The molecule has 58 heavy (non-hydrogen) atoms. The van der Waals surface area contributed by atoms with E-state index in [9.17, 15) is 14.4 Å². The van der Waals surface area contributed by atoms with Crippen LogP contribution in [0.2, 0.25) is 0 Å². The zero-order valence-electron chi connectivity index (χ0n) is 39.7. The molecule has 0 aromatic carbocycles. The number of hydrogen-bond donors (Lipinski definition) is 0. The van der Waals surface area contributed by atoms with Crippen LogP contribution in [0.5, 0.6) is 0 Å². The van der Waals surface area contributed by atoms with Gasteiger partial charge in [0.1, 0.15) is 13.2 Å². The summed E-state index contributed by atoms with van der Waals surface area (Å²) in [7, 11) is 0. The molecule has 6 heteroatoms. The minimum Gasteiger partial charge on any atom is -0.462 e. The van der Waals surface area contributed by atoms with E-state index in [1.165, 1.54) is 173 Å². The molecule has 0 aliphatic rings. The second kappa shape index (κ2) is 44.9. The van der Waals surface area contributed by atoms with Gasteiger partial charge in [-0.1, -0.05) is 247 Å². The number of rotatable bonds is 46. The summed E-state index contributed by atoms with van der Waals surface area (Å²) in [6.07, 6.45) is 45.3. The molecule has 0 N–H and O–H groups in total. The molecule has 6 nitrogen and oxygen atoms in total. The first-order chi connectivity index (χ1) is 28.2. The van der Waals surface area contributed by atoms with Crippen LogP contribution in [0.4, 0.5) is 0 Å². The van der Waals surface area contributed by atoms with Crippen LogP contribution in [0.15, 0.2) is 0 Å². The van der Waals surface area contributed by atoms with E-state index in [1.807, 2.05) is 0 Å². The number of hydrogen-bond acceptors (Lipinski definition) is 6. The quantitative estimate of drug-likeness (QED) is 0.0346. The zero-order chi connectivity index (χ0) is 42.6. The van der Waals surface area contributed by atoms with Crippen molar-refractivity contribution in [2.75, 3.05) is 13.2 Å². The molecular formula is C52H100O6. The van der Waals surface area contributed by atoms with Crippen LogP contribution < -0.4 is 0 Å². The third-order valence-corrected chi connectivity index (χ3v) is 11.7. The second-order valence-corrected chi connectivity index (χ2v) is 18.8. The predicted molar refractivity (Wildman–Crippen MR) is 247 cm³/mol. The van der Waals surface area contributed by atoms with Crippen LogP contribution in [0, 0.1) is 11.8 Å². The number of carbonyl (C=O) groups excluding carboxylic acids is 3. The highest BCUT2D eigenvalue weighted by Gasteiger charge is 2.19. The molecule has 0 aromatic rings. The average molecular weight is 821 g/mol. The van der Waals surface area contributed by atoms with E-state index in [4.69, 9.17) is 14.2 Å².